The molecule has 0 radical (unpaired) electrons. The molecular weight excluding hydrogens is 382 g/mol. The Bertz CT molecular complexity index is 1000. The Kier molecular flexibility index (Phi) is 6.67. The van der Waals surface area contributed by atoms with Crippen molar-refractivity contribution in [1.29, 1.82) is 0 Å². The molecule has 1 aromatic heterocycles. The van der Waals surface area contributed by atoms with E-state index in [0.29, 0.717) is 5.56 Å². The minimum atomic E-state index is -0.225. The highest BCUT2D eigenvalue weighted by Crippen LogP contribution is 2.25. The van der Waals surface area contributed by atoms with Crippen LogP contribution >= 0.6 is 11.8 Å². The number of nitrogens with one attached hydrogen (secondary N) is 1. The predicted octanol–water partition coefficient (Wildman–Crippen LogP) is 4.56. The first-order valence-electron chi connectivity index (χ1n) is 9.24. The average Bonchev–Trinajstić information content (AvgIpc) is 2.72. The maximum atomic E-state index is 12.7. The maximum Gasteiger partial charge on any atom is 0.254 e. The number of hydrogen-bond donors (Lipinski definition) is 1. The van der Waals surface area contributed by atoms with E-state index >= 15 is 0 Å². The van der Waals surface area contributed by atoms with E-state index in [1.165, 1.54) is 16.7 Å². The number of rotatable bonds is 6. The second-order valence-electron chi connectivity index (χ2n) is 6.75. The zero-order valence-electron chi connectivity index (χ0n) is 16.7. The third-order valence-electron chi connectivity index (χ3n) is 4.57. The molecule has 0 fully saturated rings. The molecule has 5 nitrogen and oxygen atoms in total. The van der Waals surface area contributed by atoms with Gasteiger partial charge >= 0.3 is 0 Å². The SMILES string of the molecule is Cc1cccc(NC(=O)CN(C)C(=O)c2ccc(Sc3ccccn3)cc2)c1C. The molecule has 0 bridgehead atoms. The normalized spacial score (nSPS) is 10.4. The monoisotopic (exact) mass is 405 g/mol. The second kappa shape index (κ2) is 9.39. The van der Waals surface area contributed by atoms with Crippen molar-refractivity contribution in [3.8, 4) is 0 Å². The van der Waals surface area contributed by atoms with Crippen molar-refractivity contribution < 1.29 is 9.59 Å². The topological polar surface area (TPSA) is 62.3 Å². The zero-order valence-corrected chi connectivity index (χ0v) is 17.5. The summed E-state index contributed by atoms with van der Waals surface area (Å²) in [7, 11) is 1.63. The molecule has 6 heteroatoms. The van der Waals surface area contributed by atoms with Gasteiger partial charge in [-0.05, 0) is 67.4 Å². The average molecular weight is 406 g/mol. The fourth-order valence-corrected chi connectivity index (χ4v) is 3.55. The van der Waals surface area contributed by atoms with Gasteiger partial charge in [0.05, 0.1) is 6.54 Å². The molecule has 2 amide bonds. The Morgan fingerprint density at radius 2 is 1.76 bits per heavy atom. The molecule has 29 heavy (non-hydrogen) atoms. The van der Waals surface area contributed by atoms with Gasteiger partial charge in [-0.1, -0.05) is 30.0 Å². The number of aromatic nitrogens is 1. The van der Waals surface area contributed by atoms with Crippen LogP contribution in [-0.2, 0) is 4.79 Å². The van der Waals surface area contributed by atoms with Crippen LogP contribution in [0.1, 0.15) is 21.5 Å². The highest BCUT2D eigenvalue weighted by Gasteiger charge is 2.16. The van der Waals surface area contributed by atoms with E-state index in [1.54, 1.807) is 25.4 Å². The number of anilines is 1. The quantitative estimate of drug-likeness (QED) is 0.653. The molecule has 0 aliphatic carbocycles. The Balaban J connectivity index is 1.59. The number of pyridine rings is 1. The number of benzene rings is 2. The van der Waals surface area contributed by atoms with E-state index in [0.717, 1.165) is 26.7 Å². The van der Waals surface area contributed by atoms with Crippen molar-refractivity contribution in [2.45, 2.75) is 23.8 Å². The van der Waals surface area contributed by atoms with Crippen LogP contribution in [0, 0.1) is 13.8 Å². The lowest BCUT2D eigenvalue weighted by atomic mass is 10.1. The molecule has 0 spiro atoms. The minimum Gasteiger partial charge on any atom is -0.332 e. The molecule has 0 atom stereocenters. The van der Waals surface area contributed by atoms with Gasteiger partial charge in [-0.25, -0.2) is 4.98 Å². The summed E-state index contributed by atoms with van der Waals surface area (Å²) in [5.74, 6) is -0.424. The molecule has 2 aromatic carbocycles. The number of likely N-dealkylation sites (N-methyl/N-ethyl adjacent to an activating group) is 1. The number of amides is 2. The van der Waals surface area contributed by atoms with Crippen LogP contribution in [0.15, 0.2) is 76.8 Å². The molecule has 3 rings (SSSR count). The maximum absolute atomic E-state index is 12.7. The number of nitrogens with zero attached hydrogens (tertiary/aromatic N) is 2. The molecule has 0 aliphatic heterocycles. The largest absolute Gasteiger partial charge is 0.332 e. The van der Waals surface area contributed by atoms with Crippen molar-refractivity contribution in [1.82, 2.24) is 9.88 Å². The Morgan fingerprint density at radius 3 is 2.45 bits per heavy atom. The molecule has 1 N–H and O–H groups in total. The summed E-state index contributed by atoms with van der Waals surface area (Å²) in [5.41, 5.74) is 3.44. The van der Waals surface area contributed by atoms with Crippen molar-refractivity contribution in [3.63, 3.8) is 0 Å². The lowest BCUT2D eigenvalue weighted by molar-refractivity contribution is -0.116. The summed E-state index contributed by atoms with van der Waals surface area (Å²) in [6.07, 6.45) is 1.75. The third-order valence-corrected chi connectivity index (χ3v) is 5.53. The fourth-order valence-electron chi connectivity index (χ4n) is 2.78. The van der Waals surface area contributed by atoms with Crippen molar-refractivity contribution in [2.24, 2.45) is 0 Å². The summed E-state index contributed by atoms with van der Waals surface area (Å²) in [6.45, 7) is 3.94. The van der Waals surface area contributed by atoms with Gasteiger partial charge in [0.1, 0.15) is 5.03 Å². The van der Waals surface area contributed by atoms with Crippen molar-refractivity contribution >= 4 is 29.3 Å². The van der Waals surface area contributed by atoms with Crippen molar-refractivity contribution in [3.05, 3.63) is 83.6 Å². The van der Waals surface area contributed by atoms with E-state index in [2.05, 4.69) is 10.3 Å². The Morgan fingerprint density at radius 1 is 1.00 bits per heavy atom. The Hall–Kier alpha value is -3.12. The molecular formula is C23H23N3O2S. The Labute approximate surface area is 175 Å². The highest BCUT2D eigenvalue weighted by atomic mass is 32.2. The lowest BCUT2D eigenvalue weighted by Gasteiger charge is -2.18. The van der Waals surface area contributed by atoms with Crippen LogP contribution < -0.4 is 5.32 Å². The molecule has 0 saturated carbocycles. The summed E-state index contributed by atoms with van der Waals surface area (Å²) in [5, 5.41) is 3.78. The van der Waals surface area contributed by atoms with Gasteiger partial charge in [0.15, 0.2) is 0 Å². The fraction of sp³-hybridized carbons (Fsp3) is 0.174. The first-order chi connectivity index (χ1) is 13.9. The number of hydrogen-bond acceptors (Lipinski definition) is 4. The van der Waals surface area contributed by atoms with Crippen molar-refractivity contribution in [2.75, 3.05) is 18.9 Å². The van der Waals surface area contributed by atoms with Gasteiger partial charge in [0.25, 0.3) is 5.91 Å². The molecule has 0 saturated heterocycles. The summed E-state index contributed by atoms with van der Waals surface area (Å²) >= 11 is 1.53. The first-order valence-corrected chi connectivity index (χ1v) is 10.1. The van der Waals surface area contributed by atoms with Crippen LogP contribution in [0.3, 0.4) is 0 Å². The second-order valence-corrected chi connectivity index (χ2v) is 7.85. The third kappa shape index (κ3) is 5.45. The van der Waals surface area contributed by atoms with Crippen LogP contribution in [-0.4, -0.2) is 35.3 Å². The number of aryl methyl sites for hydroxylation is 1. The highest BCUT2D eigenvalue weighted by molar-refractivity contribution is 7.99. The minimum absolute atomic E-state index is 0.0172. The summed E-state index contributed by atoms with van der Waals surface area (Å²) in [6, 6.07) is 18.8. The van der Waals surface area contributed by atoms with Gasteiger partial charge < -0.3 is 10.2 Å². The van der Waals surface area contributed by atoms with E-state index in [-0.39, 0.29) is 18.4 Å². The van der Waals surface area contributed by atoms with Crippen LogP contribution in [0.5, 0.6) is 0 Å². The molecule has 3 aromatic rings. The smallest absolute Gasteiger partial charge is 0.254 e. The van der Waals surface area contributed by atoms with E-state index < -0.39 is 0 Å². The standard InChI is InChI=1S/C23H23N3O2S/c1-16-7-6-8-20(17(16)2)25-21(27)15-26(3)23(28)18-10-12-19(13-11-18)29-22-9-4-5-14-24-22/h4-14H,15H2,1-3H3,(H,25,27). The van der Waals surface area contributed by atoms with Gasteiger partial charge in [0, 0.05) is 29.4 Å². The molecule has 1 heterocycles. The lowest BCUT2D eigenvalue weighted by Crippen LogP contribution is -2.35. The van der Waals surface area contributed by atoms with Crippen LogP contribution in [0.25, 0.3) is 0 Å². The molecule has 0 unspecified atom stereocenters. The van der Waals surface area contributed by atoms with Gasteiger partial charge in [0.2, 0.25) is 5.91 Å². The number of carbonyl (C=O) groups excluding carboxylic acids is 2. The van der Waals surface area contributed by atoms with Gasteiger partial charge in [-0.15, -0.1) is 0 Å². The number of carbonyl (C=O) groups is 2. The zero-order chi connectivity index (χ0) is 20.8. The van der Waals surface area contributed by atoms with Gasteiger partial charge in [-0.3, -0.25) is 9.59 Å². The van der Waals surface area contributed by atoms with Crippen LogP contribution in [0.2, 0.25) is 0 Å². The van der Waals surface area contributed by atoms with E-state index in [4.69, 9.17) is 0 Å². The van der Waals surface area contributed by atoms with Crippen LogP contribution in [0.4, 0.5) is 5.69 Å². The summed E-state index contributed by atoms with van der Waals surface area (Å²) in [4.78, 5) is 31.7. The van der Waals surface area contributed by atoms with E-state index in [1.807, 2.05) is 62.4 Å². The first kappa shape index (κ1) is 20.6. The molecule has 0 aliphatic rings. The summed E-state index contributed by atoms with van der Waals surface area (Å²) < 4.78 is 0. The molecule has 148 valence electrons. The van der Waals surface area contributed by atoms with E-state index in [9.17, 15) is 9.59 Å². The predicted molar refractivity (Wildman–Crippen MR) is 116 cm³/mol. The van der Waals surface area contributed by atoms with Gasteiger partial charge in [-0.2, -0.15) is 0 Å².